The molecule has 2 aliphatic heterocycles. The normalized spacial score (nSPS) is 25.3. The summed E-state index contributed by atoms with van der Waals surface area (Å²) in [5.74, 6) is 0.856. The molecule has 2 fully saturated rings. The Balaban J connectivity index is 1.86. The Morgan fingerprint density at radius 1 is 1.39 bits per heavy atom. The Morgan fingerprint density at radius 3 is 2.87 bits per heavy atom. The third-order valence-electron chi connectivity index (χ3n) is 5.40. The van der Waals surface area contributed by atoms with Crippen molar-refractivity contribution < 1.29 is 4.79 Å². The largest absolute Gasteiger partial charge is 0.336 e. The number of thioether (sulfide) groups is 1. The molecule has 0 aliphatic carbocycles. The summed E-state index contributed by atoms with van der Waals surface area (Å²) >= 11 is 1.79. The van der Waals surface area contributed by atoms with Gasteiger partial charge >= 0.3 is 0 Å². The van der Waals surface area contributed by atoms with Gasteiger partial charge in [-0.25, -0.2) is 0 Å². The summed E-state index contributed by atoms with van der Waals surface area (Å²) in [6.07, 6.45) is 4.75. The lowest BCUT2D eigenvalue weighted by Gasteiger charge is -2.37. The molecule has 2 aliphatic rings. The molecule has 0 radical (unpaired) electrons. The maximum Gasteiger partial charge on any atom is 0.250 e. The van der Waals surface area contributed by atoms with E-state index in [1.165, 1.54) is 19.4 Å². The molecule has 0 aromatic carbocycles. The first-order valence-corrected chi connectivity index (χ1v) is 10.1. The van der Waals surface area contributed by atoms with E-state index < -0.39 is 0 Å². The van der Waals surface area contributed by atoms with Crippen molar-refractivity contribution in [2.75, 3.05) is 32.7 Å². The van der Waals surface area contributed by atoms with Gasteiger partial charge in [-0.2, -0.15) is 0 Å². The first kappa shape index (κ1) is 18.8. The zero-order valence-corrected chi connectivity index (χ0v) is 15.8. The number of nitrogens with two attached hydrogens (primary N) is 1. The van der Waals surface area contributed by atoms with Crippen LogP contribution in [0.3, 0.4) is 0 Å². The molecule has 3 unspecified atom stereocenters. The number of carbonyl (C=O) groups excluding carboxylic acids is 1. The minimum absolute atomic E-state index is 0.225. The van der Waals surface area contributed by atoms with E-state index in [0.29, 0.717) is 17.2 Å². The Hall–Kier alpha value is -0.520. The summed E-state index contributed by atoms with van der Waals surface area (Å²) in [5, 5.41) is 2.59. The number of rotatable bonds is 7. The summed E-state index contributed by atoms with van der Waals surface area (Å²) < 4.78 is 0. The third kappa shape index (κ3) is 4.97. The van der Waals surface area contributed by atoms with Crippen LogP contribution in [-0.2, 0) is 4.79 Å². The van der Waals surface area contributed by atoms with Gasteiger partial charge in [0.2, 0.25) is 5.91 Å². The fourth-order valence-electron chi connectivity index (χ4n) is 3.78. The molecule has 3 atom stereocenters. The first-order chi connectivity index (χ1) is 11.1. The van der Waals surface area contributed by atoms with Gasteiger partial charge in [0.25, 0.3) is 0 Å². The minimum Gasteiger partial charge on any atom is -0.336 e. The van der Waals surface area contributed by atoms with Crippen LogP contribution in [-0.4, -0.2) is 59.7 Å². The van der Waals surface area contributed by atoms with E-state index in [2.05, 4.69) is 29.1 Å². The molecule has 4 nitrogen and oxygen atoms in total. The van der Waals surface area contributed by atoms with Crippen molar-refractivity contribution in [1.82, 2.24) is 9.80 Å². The van der Waals surface area contributed by atoms with Crippen molar-refractivity contribution in [3.05, 3.63) is 11.0 Å². The highest BCUT2D eigenvalue weighted by molar-refractivity contribution is 8.02. The summed E-state index contributed by atoms with van der Waals surface area (Å²) in [6, 6.07) is 0.598. The minimum atomic E-state index is 0.225. The van der Waals surface area contributed by atoms with E-state index in [-0.39, 0.29) is 5.91 Å². The maximum absolute atomic E-state index is 12.7. The Morgan fingerprint density at radius 2 is 2.17 bits per heavy atom. The van der Waals surface area contributed by atoms with Crippen LogP contribution in [0.1, 0.15) is 46.5 Å². The predicted molar refractivity (Wildman–Crippen MR) is 99.4 cm³/mol. The van der Waals surface area contributed by atoms with Crippen LogP contribution in [0, 0.1) is 5.92 Å². The lowest BCUT2D eigenvalue weighted by Crippen LogP contribution is -2.52. The highest BCUT2D eigenvalue weighted by atomic mass is 32.2. The quantitative estimate of drug-likeness (QED) is 0.725. The van der Waals surface area contributed by atoms with Crippen LogP contribution in [0.25, 0.3) is 0 Å². The third-order valence-corrected chi connectivity index (χ3v) is 6.70. The van der Waals surface area contributed by atoms with Crippen LogP contribution in [0.2, 0.25) is 0 Å². The van der Waals surface area contributed by atoms with Gasteiger partial charge in [0.15, 0.2) is 0 Å². The average molecular weight is 340 g/mol. The van der Waals surface area contributed by atoms with Gasteiger partial charge in [-0.15, -0.1) is 11.8 Å². The van der Waals surface area contributed by atoms with Crippen LogP contribution < -0.4 is 5.73 Å². The van der Waals surface area contributed by atoms with Crippen molar-refractivity contribution in [1.29, 1.82) is 0 Å². The van der Waals surface area contributed by atoms with Crippen molar-refractivity contribution in [3.8, 4) is 0 Å². The highest BCUT2D eigenvalue weighted by Gasteiger charge is 2.32. The SMILES string of the molecule is CCC(CCN)C(C)S/C=C(\C)C(=O)N1CCN2CCCC2C1. The molecule has 1 amide bonds. The average Bonchev–Trinajstić information content (AvgIpc) is 3.04. The van der Waals surface area contributed by atoms with E-state index in [1.54, 1.807) is 11.8 Å². The lowest BCUT2D eigenvalue weighted by molar-refractivity contribution is -0.129. The summed E-state index contributed by atoms with van der Waals surface area (Å²) in [5.41, 5.74) is 6.58. The first-order valence-electron chi connectivity index (χ1n) is 9.12. The molecule has 0 saturated carbocycles. The number of amides is 1. The molecular weight excluding hydrogens is 306 g/mol. The number of piperazine rings is 1. The fraction of sp³-hybridized carbons (Fsp3) is 0.833. The number of hydrogen-bond donors (Lipinski definition) is 1. The Kier molecular flexibility index (Phi) is 7.44. The molecule has 2 heterocycles. The molecule has 5 heteroatoms. The van der Waals surface area contributed by atoms with Gasteiger partial charge in [0, 0.05) is 36.5 Å². The van der Waals surface area contributed by atoms with Crippen LogP contribution in [0.5, 0.6) is 0 Å². The number of nitrogens with zero attached hydrogens (tertiary/aromatic N) is 2. The number of fused-ring (bicyclic) bond motifs is 1. The summed E-state index contributed by atoms with van der Waals surface area (Å²) in [4.78, 5) is 17.3. The monoisotopic (exact) mass is 339 g/mol. The number of hydrogen-bond acceptors (Lipinski definition) is 4. The number of carbonyl (C=O) groups is 1. The zero-order valence-electron chi connectivity index (χ0n) is 15.0. The molecule has 0 spiro atoms. The van der Waals surface area contributed by atoms with Crippen molar-refractivity contribution in [2.24, 2.45) is 11.7 Å². The van der Waals surface area contributed by atoms with Gasteiger partial charge in [0.1, 0.15) is 0 Å². The molecule has 23 heavy (non-hydrogen) atoms. The van der Waals surface area contributed by atoms with Crippen molar-refractivity contribution in [3.63, 3.8) is 0 Å². The smallest absolute Gasteiger partial charge is 0.250 e. The van der Waals surface area contributed by atoms with E-state index >= 15 is 0 Å². The fourth-order valence-corrected chi connectivity index (χ4v) is 4.85. The second-order valence-corrected chi connectivity index (χ2v) is 8.22. The second kappa shape index (κ2) is 9.09. The molecule has 0 bridgehead atoms. The molecular formula is C18H33N3OS. The Bertz CT molecular complexity index is 426. The van der Waals surface area contributed by atoms with E-state index in [0.717, 1.165) is 44.6 Å². The molecule has 2 saturated heterocycles. The predicted octanol–water partition coefficient (Wildman–Crippen LogP) is 2.69. The standard InChI is InChI=1S/C18H33N3OS/c1-4-16(7-8-19)15(3)23-13-14(2)18(22)21-11-10-20-9-5-6-17(20)12-21/h13,15-17H,4-12,19H2,1-3H3/b14-13+. The van der Waals surface area contributed by atoms with Crippen LogP contribution in [0.4, 0.5) is 0 Å². The van der Waals surface area contributed by atoms with E-state index in [1.807, 2.05) is 6.92 Å². The Labute approximate surface area is 145 Å². The van der Waals surface area contributed by atoms with Crippen LogP contribution in [0.15, 0.2) is 11.0 Å². The zero-order chi connectivity index (χ0) is 16.8. The molecule has 132 valence electrons. The van der Waals surface area contributed by atoms with Gasteiger partial charge in [-0.3, -0.25) is 9.69 Å². The topological polar surface area (TPSA) is 49.6 Å². The lowest BCUT2D eigenvalue weighted by atomic mass is 9.99. The molecule has 0 aromatic rings. The van der Waals surface area contributed by atoms with E-state index in [9.17, 15) is 4.79 Å². The molecule has 0 aromatic heterocycles. The second-order valence-electron chi connectivity index (χ2n) is 6.97. The van der Waals surface area contributed by atoms with Crippen LogP contribution >= 0.6 is 11.8 Å². The highest BCUT2D eigenvalue weighted by Crippen LogP contribution is 2.27. The van der Waals surface area contributed by atoms with Crippen molar-refractivity contribution in [2.45, 2.75) is 57.7 Å². The van der Waals surface area contributed by atoms with Crippen molar-refractivity contribution >= 4 is 17.7 Å². The van der Waals surface area contributed by atoms with Gasteiger partial charge in [-0.1, -0.05) is 20.3 Å². The van der Waals surface area contributed by atoms with E-state index in [4.69, 9.17) is 5.73 Å². The summed E-state index contributed by atoms with van der Waals surface area (Å²) in [7, 11) is 0. The van der Waals surface area contributed by atoms with Gasteiger partial charge < -0.3 is 10.6 Å². The maximum atomic E-state index is 12.7. The summed E-state index contributed by atoms with van der Waals surface area (Å²) in [6.45, 7) is 11.2. The van der Waals surface area contributed by atoms with Gasteiger partial charge in [-0.05, 0) is 50.6 Å². The molecule has 2 rings (SSSR count). The molecule has 2 N–H and O–H groups in total. The van der Waals surface area contributed by atoms with Gasteiger partial charge in [0.05, 0.1) is 0 Å².